The third-order valence-corrected chi connectivity index (χ3v) is 3.06. The van der Waals surface area contributed by atoms with Crippen LogP contribution in [-0.2, 0) is 11.3 Å². The molecule has 0 saturated heterocycles. The summed E-state index contributed by atoms with van der Waals surface area (Å²) in [6, 6.07) is 9.41. The smallest absolute Gasteiger partial charge is 0.222 e. The molecule has 0 bridgehead atoms. The number of nitrogens with two attached hydrogens (primary N) is 1. The van der Waals surface area contributed by atoms with Crippen LogP contribution in [0.4, 0.5) is 0 Å². The van der Waals surface area contributed by atoms with E-state index >= 15 is 0 Å². The molecule has 1 heterocycles. The number of aryl methyl sites for hydroxylation is 1. The van der Waals surface area contributed by atoms with E-state index in [1.54, 1.807) is 12.5 Å². The van der Waals surface area contributed by atoms with Crippen LogP contribution in [0.5, 0.6) is 0 Å². The zero-order chi connectivity index (χ0) is 13.7. The first-order valence-corrected chi connectivity index (χ1v) is 6.25. The van der Waals surface area contributed by atoms with Gasteiger partial charge >= 0.3 is 0 Å². The SMILES string of the molecule is Cc1ccccc1[C@@H](N)CC(=O)NCc1ccoc1. The van der Waals surface area contributed by atoms with Crippen LogP contribution in [0.25, 0.3) is 0 Å². The van der Waals surface area contributed by atoms with Crippen molar-refractivity contribution in [3.63, 3.8) is 0 Å². The summed E-state index contributed by atoms with van der Waals surface area (Å²) in [5.74, 6) is -0.0584. The molecule has 4 nitrogen and oxygen atoms in total. The lowest BCUT2D eigenvalue weighted by molar-refractivity contribution is -0.121. The van der Waals surface area contributed by atoms with Gasteiger partial charge in [-0.2, -0.15) is 0 Å². The van der Waals surface area contributed by atoms with Gasteiger partial charge in [0.25, 0.3) is 0 Å². The number of carbonyl (C=O) groups is 1. The second kappa shape index (κ2) is 6.20. The van der Waals surface area contributed by atoms with Crippen molar-refractivity contribution in [2.45, 2.75) is 25.9 Å². The molecule has 0 radical (unpaired) electrons. The van der Waals surface area contributed by atoms with Gasteiger partial charge in [-0.25, -0.2) is 0 Å². The minimum atomic E-state index is -0.273. The van der Waals surface area contributed by atoms with Crippen molar-refractivity contribution < 1.29 is 9.21 Å². The molecule has 0 unspecified atom stereocenters. The summed E-state index contributed by atoms with van der Waals surface area (Å²) in [5.41, 5.74) is 9.13. The fourth-order valence-electron chi connectivity index (χ4n) is 1.98. The molecule has 4 heteroatoms. The van der Waals surface area contributed by atoms with Gasteiger partial charge in [0.05, 0.1) is 12.5 Å². The fraction of sp³-hybridized carbons (Fsp3) is 0.267. The van der Waals surface area contributed by atoms with Crippen LogP contribution in [0.1, 0.15) is 29.2 Å². The first kappa shape index (κ1) is 13.4. The largest absolute Gasteiger partial charge is 0.472 e. The van der Waals surface area contributed by atoms with Crippen LogP contribution in [0.3, 0.4) is 0 Å². The van der Waals surface area contributed by atoms with E-state index in [1.165, 1.54) is 0 Å². The van der Waals surface area contributed by atoms with E-state index in [4.69, 9.17) is 10.2 Å². The Morgan fingerprint density at radius 2 is 2.16 bits per heavy atom. The van der Waals surface area contributed by atoms with Gasteiger partial charge in [-0.05, 0) is 24.1 Å². The van der Waals surface area contributed by atoms with Gasteiger partial charge in [0.2, 0.25) is 5.91 Å². The molecule has 1 aromatic heterocycles. The summed E-state index contributed by atoms with van der Waals surface area (Å²) in [4.78, 5) is 11.8. The normalized spacial score (nSPS) is 12.1. The van der Waals surface area contributed by atoms with Gasteiger partial charge in [-0.1, -0.05) is 24.3 Å². The standard InChI is InChI=1S/C15H18N2O2/c1-11-4-2-3-5-13(11)14(16)8-15(18)17-9-12-6-7-19-10-12/h2-7,10,14H,8-9,16H2,1H3,(H,17,18)/t14-/m0/s1. The number of amides is 1. The van der Waals surface area contributed by atoms with Crippen LogP contribution in [0, 0.1) is 6.92 Å². The highest BCUT2D eigenvalue weighted by atomic mass is 16.3. The summed E-state index contributed by atoms with van der Waals surface area (Å²) in [6.45, 7) is 2.47. The van der Waals surface area contributed by atoms with E-state index in [2.05, 4.69) is 5.32 Å². The van der Waals surface area contributed by atoms with E-state index in [9.17, 15) is 4.79 Å². The van der Waals surface area contributed by atoms with Crippen molar-refractivity contribution in [2.24, 2.45) is 5.73 Å². The highest BCUT2D eigenvalue weighted by molar-refractivity contribution is 5.76. The van der Waals surface area contributed by atoms with Crippen LogP contribution < -0.4 is 11.1 Å². The van der Waals surface area contributed by atoms with Crippen LogP contribution in [-0.4, -0.2) is 5.91 Å². The Hall–Kier alpha value is -2.07. The molecule has 0 aliphatic carbocycles. The highest BCUT2D eigenvalue weighted by Crippen LogP contribution is 2.17. The topological polar surface area (TPSA) is 68.3 Å². The van der Waals surface area contributed by atoms with Gasteiger partial charge in [0.15, 0.2) is 0 Å². The quantitative estimate of drug-likeness (QED) is 0.864. The van der Waals surface area contributed by atoms with Crippen LogP contribution >= 0.6 is 0 Å². The lowest BCUT2D eigenvalue weighted by Crippen LogP contribution is -2.27. The van der Waals surface area contributed by atoms with Gasteiger partial charge in [0, 0.05) is 24.6 Å². The Morgan fingerprint density at radius 3 is 2.84 bits per heavy atom. The maximum Gasteiger partial charge on any atom is 0.222 e. The maximum atomic E-state index is 11.8. The second-order valence-electron chi connectivity index (χ2n) is 4.58. The number of hydrogen-bond donors (Lipinski definition) is 2. The highest BCUT2D eigenvalue weighted by Gasteiger charge is 2.13. The number of furan rings is 1. The third-order valence-electron chi connectivity index (χ3n) is 3.06. The fourth-order valence-corrected chi connectivity index (χ4v) is 1.98. The second-order valence-corrected chi connectivity index (χ2v) is 4.58. The molecule has 1 atom stereocenters. The van der Waals surface area contributed by atoms with Crippen molar-refractivity contribution in [1.82, 2.24) is 5.32 Å². The van der Waals surface area contributed by atoms with Crippen molar-refractivity contribution in [3.05, 3.63) is 59.5 Å². The predicted octanol–water partition coefficient (Wildman–Crippen LogP) is 2.29. The first-order chi connectivity index (χ1) is 9.16. The van der Waals surface area contributed by atoms with Gasteiger partial charge < -0.3 is 15.5 Å². The van der Waals surface area contributed by atoms with Crippen molar-refractivity contribution >= 4 is 5.91 Å². The monoisotopic (exact) mass is 258 g/mol. The number of nitrogens with one attached hydrogen (secondary N) is 1. The van der Waals surface area contributed by atoms with E-state index in [1.807, 2.05) is 37.3 Å². The number of hydrogen-bond acceptors (Lipinski definition) is 3. The minimum Gasteiger partial charge on any atom is -0.472 e. The summed E-state index contributed by atoms with van der Waals surface area (Å²) < 4.78 is 4.94. The Morgan fingerprint density at radius 1 is 1.37 bits per heavy atom. The molecular weight excluding hydrogens is 240 g/mol. The molecule has 0 aliphatic heterocycles. The molecule has 100 valence electrons. The Bertz CT molecular complexity index is 535. The van der Waals surface area contributed by atoms with E-state index in [0.717, 1.165) is 16.7 Å². The summed E-state index contributed by atoms with van der Waals surface area (Å²) >= 11 is 0. The lowest BCUT2D eigenvalue weighted by Gasteiger charge is -2.14. The minimum absolute atomic E-state index is 0.0584. The Balaban J connectivity index is 1.87. The summed E-state index contributed by atoms with van der Waals surface area (Å²) in [5, 5.41) is 2.83. The lowest BCUT2D eigenvalue weighted by atomic mass is 9.99. The van der Waals surface area contributed by atoms with E-state index < -0.39 is 0 Å². The molecule has 0 fully saturated rings. The molecule has 0 saturated carbocycles. The average Bonchev–Trinajstić information content (AvgIpc) is 2.90. The van der Waals surface area contributed by atoms with Crippen molar-refractivity contribution in [3.8, 4) is 0 Å². The number of rotatable bonds is 5. The van der Waals surface area contributed by atoms with Crippen molar-refractivity contribution in [2.75, 3.05) is 0 Å². The maximum absolute atomic E-state index is 11.8. The third kappa shape index (κ3) is 3.69. The summed E-state index contributed by atoms with van der Waals surface area (Å²) in [6.07, 6.45) is 3.48. The summed E-state index contributed by atoms with van der Waals surface area (Å²) in [7, 11) is 0. The molecule has 0 spiro atoms. The van der Waals surface area contributed by atoms with Crippen LogP contribution in [0.2, 0.25) is 0 Å². The van der Waals surface area contributed by atoms with Crippen LogP contribution in [0.15, 0.2) is 47.3 Å². The molecule has 0 aliphatic rings. The first-order valence-electron chi connectivity index (χ1n) is 6.25. The van der Waals surface area contributed by atoms with E-state index in [-0.39, 0.29) is 18.4 Å². The van der Waals surface area contributed by atoms with Gasteiger partial charge in [0.1, 0.15) is 0 Å². The zero-order valence-corrected chi connectivity index (χ0v) is 10.9. The van der Waals surface area contributed by atoms with E-state index in [0.29, 0.717) is 6.54 Å². The zero-order valence-electron chi connectivity index (χ0n) is 10.9. The molecular formula is C15H18N2O2. The molecule has 2 aromatic rings. The molecule has 1 aromatic carbocycles. The molecule has 2 rings (SSSR count). The molecule has 19 heavy (non-hydrogen) atoms. The van der Waals surface area contributed by atoms with Crippen molar-refractivity contribution in [1.29, 1.82) is 0 Å². The van der Waals surface area contributed by atoms with Gasteiger partial charge in [-0.3, -0.25) is 4.79 Å². The Kier molecular flexibility index (Phi) is 4.36. The number of benzene rings is 1. The predicted molar refractivity (Wildman–Crippen MR) is 73.3 cm³/mol. The van der Waals surface area contributed by atoms with Gasteiger partial charge in [-0.15, -0.1) is 0 Å². The Labute approximate surface area is 112 Å². The molecule has 1 amide bonds. The average molecular weight is 258 g/mol. The molecule has 3 N–H and O–H groups in total. The number of carbonyl (C=O) groups excluding carboxylic acids is 1.